The highest BCUT2D eigenvalue weighted by molar-refractivity contribution is 14.0. The van der Waals surface area contributed by atoms with Crippen molar-refractivity contribution in [2.75, 3.05) is 13.6 Å². The van der Waals surface area contributed by atoms with E-state index in [-0.39, 0.29) is 30.0 Å². The molecule has 0 aliphatic heterocycles. The van der Waals surface area contributed by atoms with Crippen molar-refractivity contribution in [3.8, 4) is 0 Å². The number of nitrogens with zero attached hydrogens (tertiary/aromatic N) is 2. The Balaban J connectivity index is 0.00000338. The Morgan fingerprint density at radius 2 is 1.85 bits per heavy atom. The molecule has 144 valence electrons. The zero-order valence-electron chi connectivity index (χ0n) is 16.6. The molecule has 2 aromatic rings. The van der Waals surface area contributed by atoms with Gasteiger partial charge >= 0.3 is 0 Å². The number of aryl methyl sites for hydroxylation is 3. The van der Waals surface area contributed by atoms with Crippen molar-refractivity contribution in [2.24, 2.45) is 4.99 Å². The predicted molar refractivity (Wildman–Crippen MR) is 119 cm³/mol. The maximum absolute atomic E-state index is 5.27. The first-order valence-electron chi connectivity index (χ1n) is 8.95. The van der Waals surface area contributed by atoms with Gasteiger partial charge in [-0.25, -0.2) is 0 Å². The molecule has 0 amide bonds. The average molecular weight is 470 g/mol. The topological polar surface area (TPSA) is 62.5 Å². The number of aliphatic imine (C=N–C) groups is 1. The second-order valence-electron chi connectivity index (χ2n) is 6.55. The van der Waals surface area contributed by atoms with Gasteiger partial charge in [0.2, 0.25) is 0 Å². The van der Waals surface area contributed by atoms with Crippen molar-refractivity contribution in [1.29, 1.82) is 0 Å². The SMILES string of the molecule is CCc1ccc(C(C)NC(=NC)NCC(C)c2c(C)noc2C)cc1.I. The highest BCUT2D eigenvalue weighted by Crippen LogP contribution is 2.22. The number of rotatable bonds is 6. The standard InChI is InChI=1S/C20H30N4O.HI/c1-7-17-8-10-18(11-9-17)14(3)23-20(21-6)22-12-13(2)19-15(4)24-25-16(19)5;/h8-11,13-14H,7,12H2,1-6H3,(H2,21,22,23);1H. The third kappa shape index (κ3) is 5.72. The zero-order valence-corrected chi connectivity index (χ0v) is 18.9. The van der Waals surface area contributed by atoms with Crippen LogP contribution in [0.15, 0.2) is 33.8 Å². The molecule has 0 radical (unpaired) electrons. The Labute approximate surface area is 174 Å². The van der Waals surface area contributed by atoms with E-state index in [1.54, 1.807) is 7.05 Å². The smallest absolute Gasteiger partial charge is 0.191 e. The first-order chi connectivity index (χ1) is 12.0. The quantitative estimate of drug-likeness (QED) is 0.371. The summed E-state index contributed by atoms with van der Waals surface area (Å²) in [7, 11) is 1.79. The molecular weight excluding hydrogens is 439 g/mol. The van der Waals surface area contributed by atoms with Crippen LogP contribution in [-0.4, -0.2) is 24.7 Å². The Morgan fingerprint density at radius 3 is 2.35 bits per heavy atom. The van der Waals surface area contributed by atoms with Crippen molar-refractivity contribution in [2.45, 2.75) is 53.0 Å². The van der Waals surface area contributed by atoms with Crippen LogP contribution in [0.25, 0.3) is 0 Å². The van der Waals surface area contributed by atoms with Crippen LogP contribution < -0.4 is 10.6 Å². The van der Waals surface area contributed by atoms with E-state index in [2.05, 4.69) is 65.8 Å². The Hall–Kier alpha value is -1.57. The lowest BCUT2D eigenvalue weighted by Crippen LogP contribution is -2.40. The molecule has 2 atom stereocenters. The Morgan fingerprint density at radius 1 is 1.19 bits per heavy atom. The van der Waals surface area contributed by atoms with Gasteiger partial charge in [-0.1, -0.05) is 43.3 Å². The lowest BCUT2D eigenvalue weighted by atomic mass is 10.00. The van der Waals surface area contributed by atoms with Gasteiger partial charge in [-0.3, -0.25) is 4.99 Å². The molecule has 0 aliphatic carbocycles. The number of guanidine groups is 1. The summed E-state index contributed by atoms with van der Waals surface area (Å²) >= 11 is 0. The van der Waals surface area contributed by atoms with Crippen molar-refractivity contribution < 1.29 is 4.52 Å². The highest BCUT2D eigenvalue weighted by atomic mass is 127. The third-order valence-electron chi connectivity index (χ3n) is 4.62. The molecule has 0 aliphatic rings. The van der Waals surface area contributed by atoms with E-state index < -0.39 is 0 Å². The molecule has 5 nitrogen and oxygen atoms in total. The lowest BCUT2D eigenvalue weighted by molar-refractivity contribution is 0.391. The molecule has 2 rings (SSSR count). The molecular formula is C20H31IN4O. The lowest BCUT2D eigenvalue weighted by Gasteiger charge is -2.20. The average Bonchev–Trinajstić information content (AvgIpc) is 2.96. The van der Waals surface area contributed by atoms with Crippen LogP contribution >= 0.6 is 24.0 Å². The van der Waals surface area contributed by atoms with E-state index >= 15 is 0 Å². The zero-order chi connectivity index (χ0) is 18.4. The number of hydrogen-bond donors (Lipinski definition) is 2. The van der Waals surface area contributed by atoms with Crippen LogP contribution in [-0.2, 0) is 6.42 Å². The fourth-order valence-corrected chi connectivity index (χ4v) is 3.07. The number of hydrogen-bond acceptors (Lipinski definition) is 3. The van der Waals surface area contributed by atoms with Gasteiger partial charge in [-0.05, 0) is 38.3 Å². The Kier molecular flexibility index (Phi) is 9.12. The molecule has 2 N–H and O–H groups in total. The van der Waals surface area contributed by atoms with Crippen molar-refractivity contribution in [1.82, 2.24) is 15.8 Å². The van der Waals surface area contributed by atoms with Crippen LogP contribution in [0.4, 0.5) is 0 Å². The molecule has 26 heavy (non-hydrogen) atoms. The van der Waals surface area contributed by atoms with Gasteiger partial charge in [0, 0.05) is 25.1 Å². The summed E-state index contributed by atoms with van der Waals surface area (Å²) in [5.41, 5.74) is 4.73. The highest BCUT2D eigenvalue weighted by Gasteiger charge is 2.17. The van der Waals surface area contributed by atoms with Gasteiger partial charge in [0.05, 0.1) is 11.7 Å². The maximum Gasteiger partial charge on any atom is 0.191 e. The van der Waals surface area contributed by atoms with Crippen LogP contribution in [0.1, 0.15) is 60.9 Å². The van der Waals surface area contributed by atoms with E-state index in [9.17, 15) is 0 Å². The van der Waals surface area contributed by atoms with Crippen molar-refractivity contribution in [3.05, 3.63) is 52.4 Å². The van der Waals surface area contributed by atoms with Crippen LogP contribution in [0.3, 0.4) is 0 Å². The molecule has 0 spiro atoms. The number of benzene rings is 1. The van der Waals surface area contributed by atoms with Gasteiger partial charge in [0.15, 0.2) is 5.96 Å². The minimum atomic E-state index is 0. The fraction of sp³-hybridized carbons (Fsp3) is 0.500. The molecule has 0 fully saturated rings. The molecule has 6 heteroatoms. The maximum atomic E-state index is 5.27. The van der Waals surface area contributed by atoms with Gasteiger partial charge in [-0.2, -0.15) is 0 Å². The first kappa shape index (κ1) is 22.5. The molecule has 0 bridgehead atoms. The summed E-state index contributed by atoms with van der Waals surface area (Å²) < 4.78 is 5.27. The van der Waals surface area contributed by atoms with E-state index in [1.807, 2.05) is 13.8 Å². The van der Waals surface area contributed by atoms with Crippen molar-refractivity contribution in [3.63, 3.8) is 0 Å². The van der Waals surface area contributed by atoms with Crippen LogP contribution in [0, 0.1) is 13.8 Å². The summed E-state index contributed by atoms with van der Waals surface area (Å²) in [6.45, 7) is 11.2. The third-order valence-corrected chi connectivity index (χ3v) is 4.62. The van der Waals surface area contributed by atoms with Gasteiger partial charge in [0.25, 0.3) is 0 Å². The fourth-order valence-electron chi connectivity index (χ4n) is 3.07. The summed E-state index contributed by atoms with van der Waals surface area (Å²) in [6, 6.07) is 8.91. The van der Waals surface area contributed by atoms with Gasteiger partial charge in [0.1, 0.15) is 5.76 Å². The number of nitrogens with one attached hydrogen (secondary N) is 2. The van der Waals surface area contributed by atoms with Crippen molar-refractivity contribution >= 4 is 29.9 Å². The largest absolute Gasteiger partial charge is 0.361 e. The molecule has 1 heterocycles. The summed E-state index contributed by atoms with van der Waals surface area (Å²) in [5.74, 6) is 1.98. The second-order valence-corrected chi connectivity index (χ2v) is 6.55. The summed E-state index contributed by atoms with van der Waals surface area (Å²) in [6.07, 6.45) is 1.06. The first-order valence-corrected chi connectivity index (χ1v) is 8.95. The minimum absolute atomic E-state index is 0. The monoisotopic (exact) mass is 470 g/mol. The number of halogens is 1. The molecule has 0 saturated carbocycles. The Bertz CT molecular complexity index is 690. The number of aromatic nitrogens is 1. The summed E-state index contributed by atoms with van der Waals surface area (Å²) in [5, 5.41) is 10.9. The van der Waals surface area contributed by atoms with E-state index in [4.69, 9.17) is 4.52 Å². The van der Waals surface area contributed by atoms with Gasteiger partial charge < -0.3 is 15.2 Å². The summed E-state index contributed by atoms with van der Waals surface area (Å²) in [4.78, 5) is 4.34. The molecule has 2 unspecified atom stereocenters. The molecule has 0 saturated heterocycles. The van der Waals surface area contributed by atoms with E-state index in [1.165, 1.54) is 16.7 Å². The molecule has 1 aromatic heterocycles. The normalized spacial score (nSPS) is 13.7. The second kappa shape index (κ2) is 10.5. The molecule has 1 aromatic carbocycles. The van der Waals surface area contributed by atoms with E-state index in [0.29, 0.717) is 5.92 Å². The minimum Gasteiger partial charge on any atom is -0.361 e. The van der Waals surface area contributed by atoms with E-state index in [0.717, 1.165) is 30.4 Å². The van der Waals surface area contributed by atoms with Crippen LogP contribution in [0.5, 0.6) is 0 Å². The van der Waals surface area contributed by atoms with Gasteiger partial charge in [-0.15, -0.1) is 24.0 Å². The van der Waals surface area contributed by atoms with Crippen LogP contribution in [0.2, 0.25) is 0 Å². The predicted octanol–water partition coefficient (Wildman–Crippen LogP) is 4.50.